The van der Waals surface area contributed by atoms with E-state index < -0.39 is 0 Å². The summed E-state index contributed by atoms with van der Waals surface area (Å²) >= 11 is 0. The van der Waals surface area contributed by atoms with E-state index in [2.05, 4.69) is 118 Å². The molecule has 0 nitrogen and oxygen atoms in total. The van der Waals surface area contributed by atoms with E-state index in [1.807, 2.05) is 0 Å². The molecule has 1 unspecified atom stereocenters. The van der Waals surface area contributed by atoms with E-state index in [1.165, 1.54) is 33.4 Å². The summed E-state index contributed by atoms with van der Waals surface area (Å²) < 4.78 is 0. The molecule has 1 aliphatic carbocycles. The Labute approximate surface area is 220 Å². The fourth-order valence-electron chi connectivity index (χ4n) is 4.67. The second kappa shape index (κ2) is 12.7. The Morgan fingerprint density at radius 3 is 1.19 bits per heavy atom. The standard InChI is InChI=1S/C27H25.3ClH.Ti/c1-20-19-21(2)26(22(20)3)27(23-13-7-4-8-14-23,24-15-9-5-10-16-24)25-17-11-6-12-18-25;;;;/h4-18,21H,1-3H3;3*1H;/q-1;;;;+4/p-3. The fourth-order valence-corrected chi connectivity index (χ4v) is 4.67. The predicted octanol–water partition coefficient (Wildman–Crippen LogP) is -2.25. The molecule has 0 N–H and O–H groups in total. The molecule has 158 valence electrons. The maximum atomic E-state index is 3.67. The molecule has 0 saturated carbocycles. The van der Waals surface area contributed by atoms with Gasteiger partial charge in [0.1, 0.15) is 0 Å². The average molecular weight is 504 g/mol. The van der Waals surface area contributed by atoms with Crippen LogP contribution in [0.4, 0.5) is 0 Å². The smallest absolute Gasteiger partial charge is 1.00 e. The molecule has 3 aromatic carbocycles. The van der Waals surface area contributed by atoms with Crippen LogP contribution in [0.1, 0.15) is 37.5 Å². The summed E-state index contributed by atoms with van der Waals surface area (Å²) in [6.07, 6.45) is 3.67. The first kappa shape index (κ1) is 29.7. The molecular weight excluding hydrogens is 479 g/mol. The number of hydrogen-bond donors (Lipinski definition) is 0. The van der Waals surface area contributed by atoms with Crippen LogP contribution in [-0.2, 0) is 27.1 Å². The second-order valence-electron chi connectivity index (χ2n) is 7.38. The first-order valence-corrected chi connectivity index (χ1v) is 9.64. The normalized spacial score (nSPS) is 14.9. The Bertz CT molecular complexity index is 900. The van der Waals surface area contributed by atoms with E-state index in [-0.39, 0.29) is 70.3 Å². The van der Waals surface area contributed by atoms with Gasteiger partial charge in [0, 0.05) is 5.41 Å². The van der Waals surface area contributed by atoms with Gasteiger partial charge in [-0.2, -0.15) is 5.57 Å². The minimum Gasteiger partial charge on any atom is -1.00 e. The second-order valence-corrected chi connectivity index (χ2v) is 7.38. The molecule has 0 amide bonds. The number of halogens is 3. The van der Waals surface area contributed by atoms with E-state index in [0.717, 1.165) is 0 Å². The summed E-state index contributed by atoms with van der Waals surface area (Å²) in [6.45, 7) is 6.72. The van der Waals surface area contributed by atoms with Crippen LogP contribution in [0.2, 0.25) is 0 Å². The van der Waals surface area contributed by atoms with Crippen molar-refractivity contribution in [2.75, 3.05) is 0 Å². The first-order valence-electron chi connectivity index (χ1n) is 9.64. The van der Waals surface area contributed by atoms with Crippen LogP contribution >= 0.6 is 0 Å². The number of hydrogen-bond acceptors (Lipinski definition) is 0. The van der Waals surface area contributed by atoms with Crippen molar-refractivity contribution in [3.63, 3.8) is 0 Å². The average Bonchev–Trinajstić information content (AvgIpc) is 2.98. The van der Waals surface area contributed by atoms with Crippen molar-refractivity contribution in [3.8, 4) is 0 Å². The minimum atomic E-state index is -0.321. The van der Waals surface area contributed by atoms with Crippen molar-refractivity contribution < 1.29 is 58.9 Å². The van der Waals surface area contributed by atoms with Crippen molar-refractivity contribution in [2.45, 2.75) is 26.2 Å². The zero-order valence-electron chi connectivity index (χ0n) is 17.9. The molecule has 0 saturated heterocycles. The topological polar surface area (TPSA) is 0 Å². The van der Waals surface area contributed by atoms with Crippen molar-refractivity contribution in [1.29, 1.82) is 0 Å². The molecule has 0 spiro atoms. The largest absolute Gasteiger partial charge is 4.00 e. The molecular formula is C27H25Cl3Ti. The SMILES string of the molecule is CC1=[C-]C(C)C(C(c2ccccc2)(c2ccccc2)c2ccccc2)=C1C.[Cl-].[Cl-].[Cl-].[Ti+4]. The molecule has 0 radical (unpaired) electrons. The number of allylic oxidation sites excluding steroid dienone is 4. The molecule has 4 heteroatoms. The fraction of sp³-hybridized carbons (Fsp3) is 0.185. The van der Waals surface area contributed by atoms with Gasteiger partial charge in [0.05, 0.1) is 0 Å². The summed E-state index contributed by atoms with van der Waals surface area (Å²) in [4.78, 5) is 0. The van der Waals surface area contributed by atoms with E-state index in [0.29, 0.717) is 0 Å². The minimum absolute atomic E-state index is 0. The van der Waals surface area contributed by atoms with Gasteiger partial charge in [0.25, 0.3) is 0 Å². The Kier molecular flexibility index (Phi) is 12.2. The maximum Gasteiger partial charge on any atom is 4.00 e. The van der Waals surface area contributed by atoms with Gasteiger partial charge in [-0.25, -0.2) is 5.57 Å². The van der Waals surface area contributed by atoms with Gasteiger partial charge in [-0.1, -0.05) is 111 Å². The van der Waals surface area contributed by atoms with E-state index in [1.54, 1.807) is 0 Å². The number of benzene rings is 3. The van der Waals surface area contributed by atoms with Crippen molar-refractivity contribution in [2.24, 2.45) is 5.92 Å². The van der Waals surface area contributed by atoms with Gasteiger partial charge in [0.2, 0.25) is 0 Å². The predicted molar refractivity (Wildman–Crippen MR) is 114 cm³/mol. The summed E-state index contributed by atoms with van der Waals surface area (Å²) in [5.41, 5.74) is 7.66. The number of rotatable bonds is 4. The zero-order chi connectivity index (χ0) is 18.9. The first-order chi connectivity index (χ1) is 13.2. The third-order valence-corrected chi connectivity index (χ3v) is 5.86. The van der Waals surface area contributed by atoms with Gasteiger partial charge >= 0.3 is 21.7 Å². The van der Waals surface area contributed by atoms with Crippen molar-refractivity contribution >= 4 is 0 Å². The summed E-state index contributed by atoms with van der Waals surface area (Å²) in [5, 5.41) is 0. The van der Waals surface area contributed by atoms with E-state index in [9.17, 15) is 0 Å². The molecule has 4 rings (SSSR count). The quantitative estimate of drug-likeness (QED) is 0.214. The molecule has 3 aromatic rings. The zero-order valence-corrected chi connectivity index (χ0v) is 21.7. The van der Waals surface area contributed by atoms with E-state index >= 15 is 0 Å². The van der Waals surface area contributed by atoms with Gasteiger partial charge < -0.3 is 37.2 Å². The van der Waals surface area contributed by atoms with Crippen molar-refractivity contribution in [1.82, 2.24) is 0 Å². The third-order valence-electron chi connectivity index (χ3n) is 5.86. The van der Waals surface area contributed by atoms with Crippen LogP contribution < -0.4 is 37.2 Å². The van der Waals surface area contributed by atoms with Gasteiger partial charge in [-0.15, -0.1) is 12.5 Å². The monoisotopic (exact) mass is 502 g/mol. The molecule has 0 fully saturated rings. The van der Waals surface area contributed by atoms with E-state index in [4.69, 9.17) is 0 Å². The Morgan fingerprint density at radius 2 is 0.935 bits per heavy atom. The summed E-state index contributed by atoms with van der Waals surface area (Å²) in [5.74, 6) is 0.269. The van der Waals surface area contributed by atoms with Crippen LogP contribution in [0.5, 0.6) is 0 Å². The molecule has 1 aliphatic rings. The molecule has 31 heavy (non-hydrogen) atoms. The molecule has 0 heterocycles. The van der Waals surface area contributed by atoms with Crippen LogP contribution in [0.3, 0.4) is 0 Å². The van der Waals surface area contributed by atoms with Crippen LogP contribution in [0.15, 0.2) is 108 Å². The Morgan fingerprint density at radius 1 is 0.613 bits per heavy atom. The Balaban J connectivity index is 0.00000225. The van der Waals surface area contributed by atoms with Gasteiger partial charge in [0.15, 0.2) is 0 Å². The van der Waals surface area contributed by atoms with Crippen LogP contribution in [0.25, 0.3) is 0 Å². The molecule has 0 bridgehead atoms. The molecule has 1 atom stereocenters. The van der Waals surface area contributed by atoms with Crippen molar-refractivity contribution in [3.05, 3.63) is 130 Å². The Hall–Kier alpha value is -1.28. The van der Waals surface area contributed by atoms with Gasteiger partial charge in [-0.05, 0) is 16.7 Å². The van der Waals surface area contributed by atoms with Gasteiger partial charge in [-0.3, -0.25) is 6.08 Å². The summed E-state index contributed by atoms with van der Waals surface area (Å²) in [6, 6.07) is 32.8. The summed E-state index contributed by atoms with van der Waals surface area (Å²) in [7, 11) is 0. The van der Waals surface area contributed by atoms with Crippen LogP contribution in [0, 0.1) is 12.0 Å². The molecule has 0 aliphatic heterocycles. The third kappa shape index (κ3) is 5.21. The van der Waals surface area contributed by atoms with Crippen LogP contribution in [-0.4, -0.2) is 0 Å². The molecule has 0 aromatic heterocycles. The maximum absolute atomic E-state index is 3.67.